The molecule has 1 atom stereocenters. The Morgan fingerprint density at radius 3 is 2.85 bits per heavy atom. The van der Waals surface area contributed by atoms with Crippen molar-refractivity contribution in [2.75, 3.05) is 5.32 Å². The number of alkyl halides is 3. The van der Waals surface area contributed by atoms with E-state index in [0.29, 0.717) is 5.76 Å². The number of rotatable bonds is 2. The van der Waals surface area contributed by atoms with Gasteiger partial charge >= 0.3 is 6.18 Å². The standard InChI is InChI=1S/C16H10ClF3N4O2/c17-10-2-1-8(5-9(10)16(18,19)20)12-3-4-13(26-12)11-6-14(25)23-15-21-7-22-24(11)15/h1-5,7,11H,6H2,(H,21,22,23,25). The van der Waals surface area contributed by atoms with Crippen LogP contribution in [0.2, 0.25) is 5.02 Å². The molecule has 2 aromatic heterocycles. The van der Waals surface area contributed by atoms with Gasteiger partial charge in [0.15, 0.2) is 0 Å². The van der Waals surface area contributed by atoms with Crippen molar-refractivity contribution in [1.82, 2.24) is 14.8 Å². The van der Waals surface area contributed by atoms with Gasteiger partial charge in [0, 0.05) is 5.56 Å². The molecule has 0 bridgehead atoms. The molecule has 1 aromatic carbocycles. The number of halogens is 4. The molecule has 1 unspecified atom stereocenters. The van der Waals surface area contributed by atoms with Crippen molar-refractivity contribution in [3.05, 3.63) is 53.0 Å². The van der Waals surface area contributed by atoms with Crippen LogP contribution < -0.4 is 5.32 Å². The summed E-state index contributed by atoms with van der Waals surface area (Å²) >= 11 is 5.64. The van der Waals surface area contributed by atoms with E-state index < -0.39 is 17.8 Å². The fourth-order valence-electron chi connectivity index (χ4n) is 2.81. The van der Waals surface area contributed by atoms with Crippen LogP contribution >= 0.6 is 11.6 Å². The maximum absolute atomic E-state index is 13.0. The summed E-state index contributed by atoms with van der Waals surface area (Å²) in [6, 6.07) is 6.16. The first-order valence-corrected chi connectivity index (χ1v) is 7.87. The van der Waals surface area contributed by atoms with Crippen LogP contribution in [-0.4, -0.2) is 20.7 Å². The Morgan fingerprint density at radius 1 is 1.27 bits per heavy atom. The minimum absolute atomic E-state index is 0.0811. The highest BCUT2D eigenvalue weighted by Gasteiger charge is 2.34. The zero-order valence-corrected chi connectivity index (χ0v) is 13.7. The third-order valence-electron chi connectivity index (χ3n) is 4.01. The van der Waals surface area contributed by atoms with Crippen molar-refractivity contribution in [2.45, 2.75) is 18.6 Å². The molecule has 134 valence electrons. The fourth-order valence-corrected chi connectivity index (χ4v) is 3.03. The maximum atomic E-state index is 13.0. The van der Waals surface area contributed by atoms with E-state index in [1.807, 2.05) is 0 Å². The van der Waals surface area contributed by atoms with Gasteiger partial charge in [-0.3, -0.25) is 10.1 Å². The number of carbonyl (C=O) groups excluding carboxylic acids is 1. The van der Waals surface area contributed by atoms with Gasteiger partial charge in [-0.05, 0) is 30.3 Å². The second-order valence-corrected chi connectivity index (χ2v) is 6.10. The molecule has 1 aliphatic heterocycles. The molecular weight excluding hydrogens is 373 g/mol. The molecule has 0 radical (unpaired) electrons. The van der Waals surface area contributed by atoms with Crippen LogP contribution in [0.3, 0.4) is 0 Å². The Hall–Kier alpha value is -2.81. The average Bonchev–Trinajstić information content (AvgIpc) is 3.22. The normalized spacial score (nSPS) is 17.1. The molecule has 0 saturated carbocycles. The minimum atomic E-state index is -4.57. The van der Waals surface area contributed by atoms with E-state index >= 15 is 0 Å². The minimum Gasteiger partial charge on any atom is -0.459 e. The van der Waals surface area contributed by atoms with Crippen molar-refractivity contribution in [1.29, 1.82) is 0 Å². The molecule has 26 heavy (non-hydrogen) atoms. The predicted octanol–water partition coefficient (Wildman–Crippen LogP) is 4.14. The number of hydrogen-bond donors (Lipinski definition) is 1. The molecule has 4 rings (SSSR count). The summed E-state index contributed by atoms with van der Waals surface area (Å²) in [6.45, 7) is 0. The molecule has 6 nitrogen and oxygen atoms in total. The second kappa shape index (κ2) is 5.87. The van der Waals surface area contributed by atoms with Gasteiger partial charge in [0.25, 0.3) is 0 Å². The van der Waals surface area contributed by atoms with E-state index in [2.05, 4.69) is 15.4 Å². The summed E-state index contributed by atoms with van der Waals surface area (Å²) in [4.78, 5) is 15.7. The van der Waals surface area contributed by atoms with E-state index in [0.717, 1.165) is 6.07 Å². The largest absolute Gasteiger partial charge is 0.459 e. The van der Waals surface area contributed by atoms with Crippen molar-refractivity contribution < 1.29 is 22.4 Å². The van der Waals surface area contributed by atoms with Crippen molar-refractivity contribution in [2.24, 2.45) is 0 Å². The van der Waals surface area contributed by atoms with Gasteiger partial charge < -0.3 is 4.42 Å². The Balaban J connectivity index is 1.71. The first kappa shape index (κ1) is 16.6. The molecular formula is C16H10ClF3N4O2. The topological polar surface area (TPSA) is 73.0 Å². The lowest BCUT2D eigenvalue weighted by molar-refractivity contribution is -0.137. The molecule has 10 heteroatoms. The number of fused-ring (bicyclic) bond motifs is 1. The number of amides is 1. The number of nitrogens with zero attached hydrogens (tertiary/aromatic N) is 3. The Kier molecular flexibility index (Phi) is 3.76. The van der Waals surface area contributed by atoms with E-state index in [1.165, 1.54) is 23.1 Å². The summed E-state index contributed by atoms with van der Waals surface area (Å²) < 4.78 is 46.3. The highest BCUT2D eigenvalue weighted by atomic mass is 35.5. The first-order valence-electron chi connectivity index (χ1n) is 7.49. The maximum Gasteiger partial charge on any atom is 0.417 e. The number of carbonyl (C=O) groups is 1. The highest BCUT2D eigenvalue weighted by molar-refractivity contribution is 6.31. The van der Waals surface area contributed by atoms with Crippen LogP contribution in [0, 0.1) is 0 Å². The number of furan rings is 1. The van der Waals surface area contributed by atoms with Gasteiger partial charge in [-0.1, -0.05) is 11.6 Å². The summed E-state index contributed by atoms with van der Waals surface area (Å²) in [6.07, 6.45) is -3.19. The quantitative estimate of drug-likeness (QED) is 0.723. The van der Waals surface area contributed by atoms with E-state index in [9.17, 15) is 18.0 Å². The van der Waals surface area contributed by atoms with Crippen LogP contribution in [0.5, 0.6) is 0 Å². The Labute approximate surface area is 149 Å². The number of benzene rings is 1. The van der Waals surface area contributed by atoms with Crippen molar-refractivity contribution in [3.8, 4) is 11.3 Å². The van der Waals surface area contributed by atoms with Crippen LogP contribution in [0.1, 0.15) is 23.8 Å². The summed E-state index contributed by atoms with van der Waals surface area (Å²) in [5.41, 5.74) is -0.711. The molecule has 1 aliphatic rings. The zero-order valence-electron chi connectivity index (χ0n) is 12.9. The number of anilines is 1. The van der Waals surface area contributed by atoms with Gasteiger partial charge in [0.2, 0.25) is 11.9 Å². The molecule has 1 N–H and O–H groups in total. The lowest BCUT2D eigenvalue weighted by atomic mass is 10.1. The molecule has 0 aliphatic carbocycles. The fraction of sp³-hybridized carbons (Fsp3) is 0.188. The van der Waals surface area contributed by atoms with Crippen LogP contribution in [-0.2, 0) is 11.0 Å². The van der Waals surface area contributed by atoms with Crippen molar-refractivity contribution in [3.63, 3.8) is 0 Å². The third kappa shape index (κ3) is 2.84. The first-order chi connectivity index (χ1) is 12.3. The summed E-state index contributed by atoms with van der Waals surface area (Å²) in [7, 11) is 0. The second-order valence-electron chi connectivity index (χ2n) is 5.69. The van der Waals surface area contributed by atoms with E-state index in [-0.39, 0.29) is 34.6 Å². The lowest BCUT2D eigenvalue weighted by Crippen LogP contribution is -2.29. The molecule has 0 saturated heterocycles. The lowest BCUT2D eigenvalue weighted by Gasteiger charge is -2.21. The number of nitrogens with one attached hydrogen (secondary N) is 1. The third-order valence-corrected chi connectivity index (χ3v) is 4.34. The Morgan fingerprint density at radius 2 is 2.08 bits per heavy atom. The molecule has 0 fully saturated rings. The average molecular weight is 383 g/mol. The monoisotopic (exact) mass is 382 g/mol. The van der Waals surface area contributed by atoms with Crippen molar-refractivity contribution >= 4 is 23.5 Å². The van der Waals surface area contributed by atoms with Crippen LogP contribution in [0.25, 0.3) is 11.3 Å². The summed E-state index contributed by atoms with van der Waals surface area (Å²) in [5.74, 6) is 0.661. The smallest absolute Gasteiger partial charge is 0.417 e. The molecule has 1 amide bonds. The molecule has 3 heterocycles. The Bertz CT molecular complexity index is 996. The zero-order chi connectivity index (χ0) is 18.5. The predicted molar refractivity (Wildman–Crippen MR) is 85.6 cm³/mol. The van der Waals surface area contributed by atoms with E-state index in [4.69, 9.17) is 16.0 Å². The molecule has 3 aromatic rings. The van der Waals surface area contributed by atoms with Gasteiger partial charge in [-0.25, -0.2) is 4.68 Å². The van der Waals surface area contributed by atoms with Crippen LogP contribution in [0.4, 0.5) is 19.1 Å². The SMILES string of the molecule is O=C1CC(c2ccc(-c3ccc(Cl)c(C(F)(F)F)c3)o2)n2ncnc2N1. The van der Waals surface area contributed by atoms with Gasteiger partial charge in [0.1, 0.15) is 23.9 Å². The van der Waals surface area contributed by atoms with Gasteiger partial charge in [0.05, 0.1) is 17.0 Å². The number of aromatic nitrogens is 3. The molecule has 0 spiro atoms. The highest BCUT2D eigenvalue weighted by Crippen LogP contribution is 2.38. The van der Waals surface area contributed by atoms with E-state index in [1.54, 1.807) is 12.1 Å². The van der Waals surface area contributed by atoms with Crippen LogP contribution in [0.15, 0.2) is 41.1 Å². The van der Waals surface area contributed by atoms with Gasteiger partial charge in [-0.15, -0.1) is 0 Å². The summed E-state index contributed by atoms with van der Waals surface area (Å²) in [5, 5.41) is 6.25. The van der Waals surface area contributed by atoms with Gasteiger partial charge in [-0.2, -0.15) is 23.3 Å². The number of hydrogen-bond acceptors (Lipinski definition) is 4.